The van der Waals surface area contributed by atoms with Crippen LogP contribution in [0.15, 0.2) is 54.7 Å². The first-order valence-corrected chi connectivity index (χ1v) is 8.35. The first-order valence-electron chi connectivity index (χ1n) is 8.35. The molecule has 1 atom stereocenters. The summed E-state index contributed by atoms with van der Waals surface area (Å²) in [6.07, 6.45) is 3.14. The van der Waals surface area contributed by atoms with E-state index in [4.69, 9.17) is 0 Å². The molecule has 3 nitrogen and oxygen atoms in total. The van der Waals surface area contributed by atoms with Gasteiger partial charge in [-0.2, -0.15) is 5.10 Å². The second kappa shape index (κ2) is 5.75. The Morgan fingerprint density at radius 1 is 0.917 bits per heavy atom. The number of hydrogen-bond donors (Lipinski definition) is 0. The molecule has 0 aliphatic heterocycles. The fraction of sp³-hybridized carbons (Fsp3) is 0.238. The summed E-state index contributed by atoms with van der Waals surface area (Å²) in [6, 6.07) is 16.8. The quantitative estimate of drug-likeness (QED) is 0.702. The van der Waals surface area contributed by atoms with E-state index in [-0.39, 0.29) is 11.7 Å². The molecule has 0 fully saturated rings. The maximum atomic E-state index is 12.6. The highest BCUT2D eigenvalue weighted by molar-refractivity contribution is 5.98. The van der Waals surface area contributed by atoms with Crippen molar-refractivity contribution in [1.29, 1.82) is 0 Å². The van der Waals surface area contributed by atoms with Crippen LogP contribution in [0.2, 0.25) is 0 Å². The molecule has 1 heterocycles. The fourth-order valence-electron chi connectivity index (χ4n) is 3.43. The number of carbonyl (C=O) groups is 1. The Bertz CT molecular complexity index is 889. The highest BCUT2D eigenvalue weighted by Gasteiger charge is 2.29. The summed E-state index contributed by atoms with van der Waals surface area (Å²) in [5.74, 6) is 0.423. The van der Waals surface area contributed by atoms with Crippen LogP contribution >= 0.6 is 0 Å². The summed E-state index contributed by atoms with van der Waals surface area (Å²) < 4.78 is 1.92. The highest BCUT2D eigenvalue weighted by atomic mass is 16.1. The first kappa shape index (κ1) is 14.9. The van der Waals surface area contributed by atoms with Gasteiger partial charge < -0.3 is 0 Å². The molecular formula is C21H20N2O. The van der Waals surface area contributed by atoms with E-state index in [0.717, 1.165) is 23.4 Å². The summed E-state index contributed by atoms with van der Waals surface area (Å²) >= 11 is 0. The van der Waals surface area contributed by atoms with Crippen LogP contribution < -0.4 is 0 Å². The highest BCUT2D eigenvalue weighted by Crippen LogP contribution is 2.33. The number of rotatable bonds is 2. The number of carbonyl (C=O) groups excluding carboxylic acids is 1. The number of nitrogens with zero attached hydrogens (tertiary/aromatic N) is 2. The largest absolute Gasteiger partial charge is 0.294 e. The summed E-state index contributed by atoms with van der Waals surface area (Å²) in [5.41, 5.74) is 6.51. The molecule has 2 aromatic carbocycles. The first-order chi connectivity index (χ1) is 11.6. The second-order valence-corrected chi connectivity index (χ2v) is 6.69. The van der Waals surface area contributed by atoms with Crippen LogP contribution in [0.5, 0.6) is 0 Å². The SMILES string of the molecule is Cc1ccc(C2CC(=O)c3cnn(-c4ccc(C)cc4)c3C2)cc1. The Kier molecular flexibility index (Phi) is 3.57. The Labute approximate surface area is 141 Å². The van der Waals surface area contributed by atoms with Crippen LogP contribution in [-0.2, 0) is 6.42 Å². The third-order valence-corrected chi connectivity index (χ3v) is 4.87. The number of hydrogen-bond acceptors (Lipinski definition) is 2. The van der Waals surface area contributed by atoms with Gasteiger partial charge in [-0.15, -0.1) is 0 Å². The number of aromatic nitrogens is 2. The van der Waals surface area contributed by atoms with Crippen molar-refractivity contribution < 1.29 is 4.79 Å². The Balaban J connectivity index is 1.73. The Morgan fingerprint density at radius 2 is 1.54 bits per heavy atom. The van der Waals surface area contributed by atoms with Gasteiger partial charge in [0.05, 0.1) is 23.1 Å². The summed E-state index contributed by atoms with van der Waals surface area (Å²) in [5, 5.41) is 4.49. The predicted molar refractivity (Wildman–Crippen MR) is 94.9 cm³/mol. The van der Waals surface area contributed by atoms with E-state index in [0.29, 0.717) is 6.42 Å². The predicted octanol–water partition coefficient (Wildman–Crippen LogP) is 4.40. The zero-order chi connectivity index (χ0) is 16.7. The lowest BCUT2D eigenvalue weighted by molar-refractivity contribution is 0.0964. The molecule has 0 N–H and O–H groups in total. The molecule has 0 saturated heterocycles. The minimum atomic E-state index is 0.195. The van der Waals surface area contributed by atoms with E-state index < -0.39 is 0 Å². The van der Waals surface area contributed by atoms with Crippen LogP contribution in [-0.4, -0.2) is 15.6 Å². The van der Waals surface area contributed by atoms with Crippen molar-refractivity contribution in [3.63, 3.8) is 0 Å². The standard InChI is InChI=1S/C21H20N2O/c1-14-3-7-16(8-4-14)17-11-20-19(21(24)12-17)13-22-23(20)18-9-5-15(2)6-10-18/h3-10,13,17H,11-12H2,1-2H3. The molecule has 120 valence electrons. The summed E-state index contributed by atoms with van der Waals surface area (Å²) in [6.45, 7) is 4.15. The number of ketones is 1. The van der Waals surface area contributed by atoms with Crippen molar-refractivity contribution in [3.8, 4) is 5.69 Å². The molecular weight excluding hydrogens is 296 g/mol. The lowest BCUT2D eigenvalue weighted by atomic mass is 9.82. The van der Waals surface area contributed by atoms with Gasteiger partial charge in [0.25, 0.3) is 0 Å². The van der Waals surface area contributed by atoms with Gasteiger partial charge in [0.1, 0.15) is 0 Å². The summed E-state index contributed by atoms with van der Waals surface area (Å²) in [4.78, 5) is 12.6. The molecule has 3 aromatic rings. The molecule has 1 aliphatic rings. The molecule has 1 aromatic heterocycles. The van der Waals surface area contributed by atoms with Gasteiger partial charge in [0.15, 0.2) is 5.78 Å². The monoisotopic (exact) mass is 316 g/mol. The van der Waals surface area contributed by atoms with Gasteiger partial charge in [0, 0.05) is 6.42 Å². The van der Waals surface area contributed by atoms with E-state index in [1.54, 1.807) is 6.20 Å². The van der Waals surface area contributed by atoms with Gasteiger partial charge in [-0.3, -0.25) is 4.79 Å². The van der Waals surface area contributed by atoms with Gasteiger partial charge in [0.2, 0.25) is 0 Å². The van der Waals surface area contributed by atoms with E-state index >= 15 is 0 Å². The lowest BCUT2D eigenvalue weighted by Gasteiger charge is -2.23. The molecule has 3 heteroatoms. The van der Waals surface area contributed by atoms with Crippen LogP contribution in [0.1, 0.15) is 45.1 Å². The Morgan fingerprint density at radius 3 is 2.21 bits per heavy atom. The minimum Gasteiger partial charge on any atom is -0.294 e. The molecule has 1 unspecified atom stereocenters. The van der Waals surface area contributed by atoms with Gasteiger partial charge >= 0.3 is 0 Å². The van der Waals surface area contributed by atoms with E-state index in [9.17, 15) is 4.79 Å². The van der Waals surface area contributed by atoms with Crippen LogP contribution in [0.4, 0.5) is 0 Å². The molecule has 0 spiro atoms. The summed E-state index contributed by atoms with van der Waals surface area (Å²) in [7, 11) is 0. The number of Topliss-reactive ketones (excluding diaryl/α,β-unsaturated/α-hetero) is 1. The maximum absolute atomic E-state index is 12.6. The van der Waals surface area contributed by atoms with E-state index in [1.807, 2.05) is 4.68 Å². The Hall–Kier alpha value is -2.68. The van der Waals surface area contributed by atoms with Gasteiger partial charge in [-0.25, -0.2) is 4.68 Å². The number of fused-ring (bicyclic) bond motifs is 1. The van der Waals surface area contributed by atoms with Crippen LogP contribution in [0, 0.1) is 13.8 Å². The molecule has 1 aliphatic carbocycles. The zero-order valence-electron chi connectivity index (χ0n) is 14.0. The fourth-order valence-corrected chi connectivity index (χ4v) is 3.43. The van der Waals surface area contributed by atoms with Crippen LogP contribution in [0.3, 0.4) is 0 Å². The molecule has 24 heavy (non-hydrogen) atoms. The molecule has 0 radical (unpaired) electrons. The van der Waals surface area contributed by atoms with Crippen molar-refractivity contribution in [2.45, 2.75) is 32.6 Å². The van der Waals surface area contributed by atoms with Gasteiger partial charge in [-0.1, -0.05) is 47.5 Å². The van der Waals surface area contributed by atoms with E-state index in [1.165, 1.54) is 16.7 Å². The van der Waals surface area contributed by atoms with Crippen molar-refractivity contribution >= 4 is 5.78 Å². The average Bonchev–Trinajstić information content (AvgIpc) is 3.01. The van der Waals surface area contributed by atoms with Gasteiger partial charge in [-0.05, 0) is 43.9 Å². The van der Waals surface area contributed by atoms with Crippen molar-refractivity contribution in [2.24, 2.45) is 0 Å². The number of aryl methyl sites for hydroxylation is 2. The third-order valence-electron chi connectivity index (χ3n) is 4.87. The maximum Gasteiger partial charge on any atom is 0.166 e. The van der Waals surface area contributed by atoms with Crippen molar-refractivity contribution in [2.75, 3.05) is 0 Å². The topological polar surface area (TPSA) is 34.9 Å². The molecule has 0 bridgehead atoms. The van der Waals surface area contributed by atoms with E-state index in [2.05, 4.69) is 67.5 Å². The number of benzene rings is 2. The zero-order valence-corrected chi connectivity index (χ0v) is 14.0. The smallest absolute Gasteiger partial charge is 0.166 e. The lowest BCUT2D eigenvalue weighted by Crippen LogP contribution is -2.20. The minimum absolute atomic E-state index is 0.195. The molecule has 0 amide bonds. The second-order valence-electron chi connectivity index (χ2n) is 6.69. The molecule has 0 saturated carbocycles. The third kappa shape index (κ3) is 2.56. The normalized spacial score (nSPS) is 16.9. The molecule has 4 rings (SSSR count). The van der Waals surface area contributed by atoms with Crippen LogP contribution in [0.25, 0.3) is 5.69 Å². The van der Waals surface area contributed by atoms with Crippen molar-refractivity contribution in [1.82, 2.24) is 9.78 Å². The average molecular weight is 316 g/mol. The van der Waals surface area contributed by atoms with Crippen molar-refractivity contribution in [3.05, 3.63) is 82.7 Å².